The van der Waals surface area contributed by atoms with E-state index < -0.39 is 21.7 Å². The van der Waals surface area contributed by atoms with Crippen LogP contribution >= 0.6 is 0 Å². The molecule has 0 unspecified atom stereocenters. The lowest BCUT2D eigenvalue weighted by molar-refractivity contribution is 0.0964. The van der Waals surface area contributed by atoms with Gasteiger partial charge in [-0.3, -0.25) is 9.10 Å². The molecule has 5 aromatic rings. The van der Waals surface area contributed by atoms with E-state index in [-0.39, 0.29) is 22.6 Å². The van der Waals surface area contributed by atoms with Crippen LogP contribution in [0.5, 0.6) is 11.5 Å². The highest BCUT2D eigenvalue weighted by Crippen LogP contribution is 2.43. The predicted molar refractivity (Wildman–Crippen MR) is 177 cm³/mol. The average molecular weight is 642 g/mol. The van der Waals surface area contributed by atoms with Crippen molar-refractivity contribution in [2.45, 2.75) is 6.54 Å². The van der Waals surface area contributed by atoms with Gasteiger partial charge in [-0.1, -0.05) is 12.1 Å². The zero-order valence-corrected chi connectivity index (χ0v) is 26.7. The number of halogens is 1. The zero-order chi connectivity index (χ0) is 32.9. The maximum Gasteiger partial charge on any atom is 0.255 e. The number of nitrogens with zero attached hydrogens (tertiary/aromatic N) is 3. The number of hydrogen-bond donors (Lipinski definition) is 2. The molecule has 3 heterocycles. The number of rotatable bonds is 7. The number of nitrogens with two attached hydrogens (primary N) is 1. The first-order valence-corrected chi connectivity index (χ1v) is 16.2. The van der Waals surface area contributed by atoms with Crippen molar-refractivity contribution in [2.75, 3.05) is 38.8 Å². The van der Waals surface area contributed by atoms with Gasteiger partial charge in [0.25, 0.3) is 5.91 Å². The van der Waals surface area contributed by atoms with E-state index in [1.807, 2.05) is 38.4 Å². The van der Waals surface area contributed by atoms with Crippen LogP contribution in [0.4, 0.5) is 10.1 Å². The minimum Gasteiger partial charge on any atom is -0.455 e. The Morgan fingerprint density at radius 3 is 2.43 bits per heavy atom. The second-order valence-corrected chi connectivity index (χ2v) is 13.3. The van der Waals surface area contributed by atoms with Crippen LogP contribution in [0.2, 0.25) is 0 Å². The number of nitrogens with one attached hydrogen (secondary N) is 1. The van der Waals surface area contributed by atoms with Crippen molar-refractivity contribution < 1.29 is 26.8 Å². The first-order valence-electron chi connectivity index (χ1n) is 14.3. The Morgan fingerprint density at radius 2 is 1.76 bits per heavy atom. The van der Waals surface area contributed by atoms with Crippen molar-refractivity contribution >= 4 is 44.4 Å². The van der Waals surface area contributed by atoms with E-state index in [2.05, 4.69) is 10.2 Å². The molecule has 3 aromatic carbocycles. The molecule has 1 aliphatic heterocycles. The molecule has 0 aliphatic carbocycles. The van der Waals surface area contributed by atoms with E-state index in [1.165, 1.54) is 38.4 Å². The van der Waals surface area contributed by atoms with E-state index in [9.17, 15) is 17.6 Å². The highest BCUT2D eigenvalue weighted by Gasteiger charge is 2.27. The Kier molecular flexibility index (Phi) is 7.78. The molecular weight excluding hydrogens is 609 g/mol. The predicted octanol–water partition coefficient (Wildman–Crippen LogP) is 5.68. The number of fused-ring (bicyclic) bond motifs is 3. The summed E-state index contributed by atoms with van der Waals surface area (Å²) in [5, 5.41) is 3.06. The third-order valence-corrected chi connectivity index (χ3v) is 8.97. The van der Waals surface area contributed by atoms with Crippen molar-refractivity contribution in [3.05, 3.63) is 94.9 Å². The van der Waals surface area contributed by atoms with Gasteiger partial charge in [-0.05, 0) is 74.3 Å². The Bertz CT molecular complexity index is 2160. The largest absolute Gasteiger partial charge is 0.455 e. The summed E-state index contributed by atoms with van der Waals surface area (Å²) >= 11 is 0. The summed E-state index contributed by atoms with van der Waals surface area (Å²) in [5.41, 5.74) is 11.2. The summed E-state index contributed by atoms with van der Waals surface area (Å²) in [6.07, 6.45) is 2.92. The normalized spacial score (nSPS) is 12.6. The summed E-state index contributed by atoms with van der Waals surface area (Å²) in [5.74, 6) is 0.405. The van der Waals surface area contributed by atoms with Gasteiger partial charge in [0.1, 0.15) is 28.6 Å². The smallest absolute Gasteiger partial charge is 0.255 e. The molecule has 12 heteroatoms. The van der Waals surface area contributed by atoms with Gasteiger partial charge in [0.2, 0.25) is 10.0 Å². The first kappa shape index (κ1) is 30.8. The lowest BCUT2D eigenvalue weighted by atomic mass is 10.0. The van der Waals surface area contributed by atoms with Crippen LogP contribution in [0.1, 0.15) is 27.2 Å². The number of benzene rings is 3. The molecule has 0 saturated heterocycles. The minimum absolute atomic E-state index is 0.209. The molecule has 0 bridgehead atoms. The van der Waals surface area contributed by atoms with Crippen LogP contribution in [-0.4, -0.2) is 58.7 Å². The standard InChI is InChI=1S/C34H32FN5O5S/c1-37-34(41)31-24-15-23(27(40(4)46(5,42)43)17-30(24)45-33(31)19-9-11-21(35)12-10-19)26-13-14-29-32(38-26)25(36)16-22-20(18-39(2)3)7-6-8-28(22)44-29/h6-17H,18,36H2,1-5H3,(H,37,41). The van der Waals surface area contributed by atoms with Gasteiger partial charge in [0, 0.05) is 48.8 Å². The monoisotopic (exact) mass is 641 g/mol. The first-order chi connectivity index (χ1) is 21.8. The highest BCUT2D eigenvalue weighted by molar-refractivity contribution is 7.92. The molecule has 0 atom stereocenters. The van der Waals surface area contributed by atoms with E-state index in [0.29, 0.717) is 51.6 Å². The number of hydrogen-bond acceptors (Lipinski definition) is 8. The van der Waals surface area contributed by atoms with E-state index in [4.69, 9.17) is 19.9 Å². The van der Waals surface area contributed by atoms with Crippen LogP contribution < -0.4 is 20.1 Å². The fourth-order valence-corrected chi connectivity index (χ4v) is 5.99. The molecular formula is C34H32FN5O5S. The quantitative estimate of drug-likeness (QED) is 0.232. The number of pyridine rings is 1. The summed E-state index contributed by atoms with van der Waals surface area (Å²) in [6, 6.07) is 18.0. The molecule has 3 N–H and O–H groups in total. The van der Waals surface area contributed by atoms with Crippen LogP contribution in [0.15, 0.2) is 71.1 Å². The van der Waals surface area contributed by atoms with Crippen molar-refractivity contribution in [1.29, 1.82) is 0 Å². The van der Waals surface area contributed by atoms with E-state index >= 15 is 0 Å². The number of ether oxygens (including phenoxy) is 1. The Morgan fingerprint density at radius 1 is 1.02 bits per heavy atom. The number of anilines is 1. The van der Waals surface area contributed by atoms with Crippen LogP contribution in [-0.2, 0) is 16.6 Å². The average Bonchev–Trinajstić information content (AvgIpc) is 3.32. The van der Waals surface area contributed by atoms with E-state index in [1.54, 1.807) is 24.3 Å². The van der Waals surface area contributed by atoms with Crippen molar-refractivity contribution in [1.82, 2.24) is 15.2 Å². The molecule has 10 nitrogen and oxygen atoms in total. The molecule has 6 rings (SSSR count). The molecule has 0 spiro atoms. The molecule has 1 amide bonds. The Balaban J connectivity index is 1.58. The number of amides is 1. The van der Waals surface area contributed by atoms with Gasteiger partial charge in [-0.15, -0.1) is 0 Å². The maximum absolute atomic E-state index is 13.7. The van der Waals surface area contributed by atoms with Crippen molar-refractivity contribution in [2.24, 2.45) is 5.73 Å². The highest BCUT2D eigenvalue weighted by atomic mass is 32.2. The summed E-state index contributed by atoms with van der Waals surface area (Å²) < 4.78 is 53.0. The molecule has 236 valence electrons. The molecule has 0 saturated carbocycles. The van der Waals surface area contributed by atoms with Gasteiger partial charge in [0.15, 0.2) is 5.75 Å². The fourth-order valence-electron chi connectivity index (χ4n) is 5.48. The van der Waals surface area contributed by atoms with Gasteiger partial charge in [0.05, 0.1) is 28.9 Å². The number of carbonyl (C=O) groups is 1. The van der Waals surface area contributed by atoms with Crippen LogP contribution in [0.25, 0.3) is 45.3 Å². The number of sulfonamides is 1. The van der Waals surface area contributed by atoms with Crippen LogP contribution in [0, 0.1) is 5.82 Å². The van der Waals surface area contributed by atoms with Gasteiger partial charge in [-0.2, -0.15) is 0 Å². The molecule has 2 aromatic heterocycles. The minimum atomic E-state index is -3.74. The Labute approximate surface area is 265 Å². The second kappa shape index (κ2) is 11.6. The van der Waals surface area contributed by atoms with Crippen molar-refractivity contribution in [3.8, 4) is 34.1 Å². The molecule has 0 radical (unpaired) electrons. The SMILES string of the molecule is CNC(=O)c1c(-c2ccc(F)cc2)oc2cc(N(C)S(C)(=O)=O)c(-c3ccc4c(n3)C(N)=Cc3c(CN(C)C)cccc3O4)cc12. The van der Waals surface area contributed by atoms with Gasteiger partial charge >= 0.3 is 0 Å². The molecule has 0 fully saturated rings. The summed E-state index contributed by atoms with van der Waals surface area (Å²) in [4.78, 5) is 20.2. The van der Waals surface area contributed by atoms with Crippen molar-refractivity contribution in [3.63, 3.8) is 0 Å². The molecule has 46 heavy (non-hydrogen) atoms. The van der Waals surface area contributed by atoms with E-state index in [0.717, 1.165) is 21.7 Å². The topological polar surface area (TPSA) is 131 Å². The zero-order valence-electron chi connectivity index (χ0n) is 25.9. The maximum atomic E-state index is 13.7. The second-order valence-electron chi connectivity index (χ2n) is 11.3. The summed E-state index contributed by atoms with van der Waals surface area (Å²) in [7, 11) is 3.13. The van der Waals surface area contributed by atoms with Gasteiger partial charge in [-0.25, -0.2) is 17.8 Å². The Hall–Kier alpha value is -5.20. The number of carbonyl (C=O) groups excluding carboxylic acids is 1. The number of furan rings is 1. The third kappa shape index (κ3) is 5.57. The third-order valence-electron chi connectivity index (χ3n) is 7.77. The lowest BCUT2D eigenvalue weighted by Crippen LogP contribution is -2.25. The fraction of sp³-hybridized carbons (Fsp3) is 0.176. The lowest BCUT2D eigenvalue weighted by Gasteiger charge is -2.21. The summed E-state index contributed by atoms with van der Waals surface area (Å²) in [6.45, 7) is 0.671. The van der Waals surface area contributed by atoms with Gasteiger partial charge < -0.3 is 25.1 Å². The molecule has 1 aliphatic rings. The van der Waals surface area contributed by atoms with Crippen LogP contribution in [0.3, 0.4) is 0 Å². The number of aromatic nitrogens is 1.